The fourth-order valence-corrected chi connectivity index (χ4v) is 0.953. The SMILES string of the molecule is Cc1ccnc(NC(=O)OC(C)C)c1. The standard InChI is InChI=1S/C10H14N2O2/c1-7(2)14-10(13)12-9-6-8(3)4-5-11-9/h4-7H,1-3H3,(H,11,12,13). The molecule has 1 aromatic rings. The minimum atomic E-state index is -0.474. The molecule has 0 saturated heterocycles. The summed E-state index contributed by atoms with van der Waals surface area (Å²) in [7, 11) is 0. The number of aromatic nitrogens is 1. The van der Waals surface area contributed by atoms with Crippen molar-refractivity contribution in [3.63, 3.8) is 0 Å². The van der Waals surface area contributed by atoms with Gasteiger partial charge in [-0.1, -0.05) is 0 Å². The van der Waals surface area contributed by atoms with Gasteiger partial charge in [0.05, 0.1) is 6.10 Å². The molecule has 1 heterocycles. The molecule has 76 valence electrons. The number of nitrogens with one attached hydrogen (secondary N) is 1. The van der Waals surface area contributed by atoms with Gasteiger partial charge in [0.1, 0.15) is 5.82 Å². The van der Waals surface area contributed by atoms with Crippen molar-refractivity contribution >= 4 is 11.9 Å². The number of rotatable bonds is 2. The van der Waals surface area contributed by atoms with Crippen molar-refractivity contribution in [1.29, 1.82) is 0 Å². The van der Waals surface area contributed by atoms with Crippen molar-refractivity contribution in [2.24, 2.45) is 0 Å². The van der Waals surface area contributed by atoms with Crippen LogP contribution >= 0.6 is 0 Å². The van der Waals surface area contributed by atoms with Gasteiger partial charge in [-0.25, -0.2) is 9.78 Å². The summed E-state index contributed by atoms with van der Waals surface area (Å²) in [6, 6.07) is 3.64. The highest BCUT2D eigenvalue weighted by Crippen LogP contribution is 2.05. The lowest BCUT2D eigenvalue weighted by Gasteiger charge is -2.08. The molecule has 1 rings (SSSR count). The summed E-state index contributed by atoms with van der Waals surface area (Å²) in [5.74, 6) is 0.510. The van der Waals surface area contributed by atoms with Crippen LogP contribution in [-0.4, -0.2) is 17.2 Å². The number of pyridine rings is 1. The molecule has 1 aromatic heterocycles. The Bertz CT molecular complexity index is 324. The molecule has 0 unspecified atom stereocenters. The molecular formula is C10H14N2O2. The van der Waals surface area contributed by atoms with Gasteiger partial charge in [0, 0.05) is 6.20 Å². The Hall–Kier alpha value is -1.58. The zero-order valence-electron chi connectivity index (χ0n) is 8.57. The summed E-state index contributed by atoms with van der Waals surface area (Å²) in [5.41, 5.74) is 1.04. The van der Waals surface area contributed by atoms with Gasteiger partial charge in [0.15, 0.2) is 0 Å². The lowest BCUT2D eigenvalue weighted by atomic mass is 10.3. The number of aryl methyl sites for hydroxylation is 1. The predicted molar refractivity (Wildman–Crippen MR) is 54.2 cm³/mol. The monoisotopic (exact) mass is 194 g/mol. The summed E-state index contributed by atoms with van der Waals surface area (Å²) in [6.45, 7) is 5.52. The highest BCUT2D eigenvalue weighted by molar-refractivity contribution is 5.83. The molecule has 14 heavy (non-hydrogen) atoms. The van der Waals surface area contributed by atoms with E-state index in [4.69, 9.17) is 4.74 Å². The van der Waals surface area contributed by atoms with E-state index < -0.39 is 6.09 Å². The molecule has 0 saturated carbocycles. The molecule has 0 aliphatic carbocycles. The molecule has 1 N–H and O–H groups in total. The van der Waals surface area contributed by atoms with E-state index in [-0.39, 0.29) is 6.10 Å². The van der Waals surface area contributed by atoms with Crippen LogP contribution in [0.5, 0.6) is 0 Å². The number of carbonyl (C=O) groups excluding carboxylic acids is 1. The maximum Gasteiger partial charge on any atom is 0.413 e. The molecule has 1 amide bonds. The van der Waals surface area contributed by atoms with E-state index in [1.165, 1.54) is 0 Å². The zero-order valence-corrected chi connectivity index (χ0v) is 8.57. The van der Waals surface area contributed by atoms with Crippen LogP contribution in [0.25, 0.3) is 0 Å². The molecule has 0 aromatic carbocycles. The maximum absolute atomic E-state index is 11.2. The summed E-state index contributed by atoms with van der Waals surface area (Å²) in [6.07, 6.45) is 1.04. The molecule has 4 nitrogen and oxygen atoms in total. The van der Waals surface area contributed by atoms with Crippen molar-refractivity contribution in [3.05, 3.63) is 23.9 Å². The molecule has 0 radical (unpaired) electrons. The van der Waals surface area contributed by atoms with Crippen LogP contribution in [0.1, 0.15) is 19.4 Å². The Labute approximate surface area is 83.3 Å². The highest BCUT2D eigenvalue weighted by atomic mass is 16.6. The summed E-state index contributed by atoms with van der Waals surface area (Å²) < 4.78 is 4.90. The lowest BCUT2D eigenvalue weighted by molar-refractivity contribution is 0.130. The van der Waals surface area contributed by atoms with Crippen LogP contribution in [0.3, 0.4) is 0 Å². The molecule has 0 fully saturated rings. The molecule has 0 aliphatic heterocycles. The Morgan fingerprint density at radius 3 is 2.86 bits per heavy atom. The summed E-state index contributed by atoms with van der Waals surface area (Å²) >= 11 is 0. The van der Waals surface area contributed by atoms with Crippen molar-refractivity contribution in [2.75, 3.05) is 5.32 Å². The number of hydrogen-bond acceptors (Lipinski definition) is 3. The highest BCUT2D eigenvalue weighted by Gasteiger charge is 2.05. The number of ether oxygens (including phenoxy) is 1. The minimum Gasteiger partial charge on any atom is -0.447 e. The molecule has 4 heteroatoms. The lowest BCUT2D eigenvalue weighted by Crippen LogP contribution is -2.18. The van der Waals surface area contributed by atoms with Crippen LogP contribution in [-0.2, 0) is 4.74 Å². The van der Waals surface area contributed by atoms with Crippen molar-refractivity contribution in [1.82, 2.24) is 4.98 Å². The Morgan fingerprint density at radius 1 is 1.57 bits per heavy atom. The third kappa shape index (κ3) is 3.43. The van der Waals surface area contributed by atoms with Gasteiger partial charge < -0.3 is 4.74 Å². The summed E-state index contributed by atoms with van der Waals surface area (Å²) in [5, 5.41) is 2.54. The van der Waals surface area contributed by atoms with E-state index in [0.717, 1.165) is 5.56 Å². The fraction of sp³-hybridized carbons (Fsp3) is 0.400. The Morgan fingerprint density at radius 2 is 2.29 bits per heavy atom. The van der Waals surface area contributed by atoms with E-state index in [0.29, 0.717) is 5.82 Å². The van der Waals surface area contributed by atoms with E-state index in [1.54, 1.807) is 26.1 Å². The van der Waals surface area contributed by atoms with Crippen molar-refractivity contribution in [2.45, 2.75) is 26.9 Å². The van der Waals surface area contributed by atoms with E-state index >= 15 is 0 Å². The second-order valence-electron chi connectivity index (χ2n) is 3.30. The first-order valence-corrected chi connectivity index (χ1v) is 4.48. The zero-order chi connectivity index (χ0) is 10.6. The average molecular weight is 194 g/mol. The molecular weight excluding hydrogens is 180 g/mol. The van der Waals surface area contributed by atoms with Gasteiger partial charge in [-0.05, 0) is 38.5 Å². The van der Waals surface area contributed by atoms with Crippen LogP contribution in [0.4, 0.5) is 10.6 Å². The van der Waals surface area contributed by atoms with Gasteiger partial charge in [0.25, 0.3) is 0 Å². The number of nitrogens with zero attached hydrogens (tertiary/aromatic N) is 1. The number of hydrogen-bond donors (Lipinski definition) is 1. The van der Waals surface area contributed by atoms with Gasteiger partial charge in [0.2, 0.25) is 0 Å². The van der Waals surface area contributed by atoms with Crippen LogP contribution in [0.2, 0.25) is 0 Å². The quantitative estimate of drug-likeness (QED) is 0.786. The van der Waals surface area contributed by atoms with Gasteiger partial charge >= 0.3 is 6.09 Å². The normalized spacial score (nSPS) is 10.0. The third-order valence-corrected chi connectivity index (χ3v) is 1.49. The average Bonchev–Trinajstić information content (AvgIpc) is 2.01. The third-order valence-electron chi connectivity index (χ3n) is 1.49. The van der Waals surface area contributed by atoms with Gasteiger partial charge in [-0.15, -0.1) is 0 Å². The largest absolute Gasteiger partial charge is 0.447 e. The first kappa shape index (κ1) is 10.5. The second-order valence-corrected chi connectivity index (χ2v) is 3.30. The van der Waals surface area contributed by atoms with E-state index in [1.807, 2.05) is 13.0 Å². The molecule has 0 aliphatic rings. The fourth-order valence-electron chi connectivity index (χ4n) is 0.953. The Kier molecular flexibility index (Phi) is 3.45. The topological polar surface area (TPSA) is 51.2 Å². The number of anilines is 1. The van der Waals surface area contributed by atoms with Gasteiger partial charge in [-0.2, -0.15) is 0 Å². The van der Waals surface area contributed by atoms with E-state index in [9.17, 15) is 4.79 Å². The smallest absolute Gasteiger partial charge is 0.413 e. The van der Waals surface area contributed by atoms with Crippen LogP contribution in [0.15, 0.2) is 18.3 Å². The number of amides is 1. The van der Waals surface area contributed by atoms with Gasteiger partial charge in [-0.3, -0.25) is 5.32 Å². The first-order chi connectivity index (χ1) is 6.58. The van der Waals surface area contributed by atoms with E-state index in [2.05, 4.69) is 10.3 Å². The molecule has 0 bridgehead atoms. The van der Waals surface area contributed by atoms with Crippen molar-refractivity contribution < 1.29 is 9.53 Å². The first-order valence-electron chi connectivity index (χ1n) is 4.48. The maximum atomic E-state index is 11.2. The summed E-state index contributed by atoms with van der Waals surface area (Å²) in [4.78, 5) is 15.1. The predicted octanol–water partition coefficient (Wildman–Crippen LogP) is 2.35. The van der Waals surface area contributed by atoms with Crippen molar-refractivity contribution in [3.8, 4) is 0 Å². The Balaban J connectivity index is 2.56. The second kappa shape index (κ2) is 4.60. The molecule has 0 spiro atoms. The van der Waals surface area contributed by atoms with Crippen LogP contribution < -0.4 is 5.32 Å². The molecule has 0 atom stereocenters. The minimum absolute atomic E-state index is 0.125. The number of carbonyl (C=O) groups is 1. The van der Waals surface area contributed by atoms with Crippen LogP contribution in [0, 0.1) is 6.92 Å².